The van der Waals surface area contributed by atoms with E-state index >= 15 is 0 Å². The summed E-state index contributed by atoms with van der Waals surface area (Å²) in [5.74, 6) is 0.0714. The number of alkyl halides is 3. The zero-order chi connectivity index (χ0) is 16.3. The van der Waals surface area contributed by atoms with Crippen molar-refractivity contribution >= 4 is 11.6 Å². The molecule has 0 unspecified atom stereocenters. The van der Waals surface area contributed by atoms with Crippen LogP contribution in [0.5, 0.6) is 0 Å². The van der Waals surface area contributed by atoms with E-state index in [4.69, 9.17) is 0 Å². The van der Waals surface area contributed by atoms with Crippen LogP contribution in [0.25, 0.3) is 0 Å². The zero-order valence-electron chi connectivity index (χ0n) is 12.1. The fourth-order valence-electron chi connectivity index (χ4n) is 1.99. The van der Waals surface area contributed by atoms with Crippen molar-refractivity contribution in [1.82, 2.24) is 9.97 Å². The van der Waals surface area contributed by atoms with Crippen molar-refractivity contribution in [2.24, 2.45) is 0 Å². The Bertz CT molecular complexity index is 668. The Morgan fingerprint density at radius 2 is 1.82 bits per heavy atom. The Balaban J connectivity index is 2.30. The Hall–Kier alpha value is -2.44. The monoisotopic (exact) mass is 309 g/mol. The van der Waals surface area contributed by atoms with Crippen LogP contribution in [0, 0.1) is 6.92 Å². The molecule has 1 heterocycles. The third-order valence-corrected chi connectivity index (χ3v) is 3.06. The predicted molar refractivity (Wildman–Crippen MR) is 75.6 cm³/mol. The van der Waals surface area contributed by atoms with E-state index in [9.17, 15) is 18.0 Å². The molecule has 2 aromatic rings. The maximum absolute atomic E-state index is 12.6. The second-order valence-corrected chi connectivity index (χ2v) is 4.58. The van der Waals surface area contributed by atoms with Gasteiger partial charge >= 0.3 is 6.18 Å². The van der Waals surface area contributed by atoms with Crippen LogP contribution >= 0.6 is 0 Å². The molecule has 116 valence electrons. The molecule has 0 fully saturated rings. The maximum atomic E-state index is 12.6. The molecule has 22 heavy (non-hydrogen) atoms. The number of benzene rings is 1. The molecule has 0 aliphatic carbocycles. The lowest BCUT2D eigenvalue weighted by atomic mass is 10.2. The van der Waals surface area contributed by atoms with Gasteiger partial charge in [0.25, 0.3) is 5.91 Å². The van der Waals surface area contributed by atoms with Crippen LogP contribution < -0.4 is 4.90 Å². The maximum Gasteiger partial charge on any atom is 0.416 e. The minimum atomic E-state index is -4.40. The number of hydrogen-bond acceptors (Lipinski definition) is 3. The molecule has 0 atom stereocenters. The van der Waals surface area contributed by atoms with Crippen LogP contribution in [0.3, 0.4) is 0 Å². The van der Waals surface area contributed by atoms with E-state index in [0.717, 1.165) is 12.1 Å². The van der Waals surface area contributed by atoms with Gasteiger partial charge in [0.1, 0.15) is 11.5 Å². The molecule has 7 heteroatoms. The molecule has 0 radical (unpaired) electrons. The molecule has 0 saturated heterocycles. The van der Waals surface area contributed by atoms with Gasteiger partial charge in [-0.3, -0.25) is 4.79 Å². The Labute approximate surface area is 125 Å². The first-order chi connectivity index (χ1) is 10.3. The standard InChI is InChI=1S/C15H14F3N3O/c1-3-21(14(22)13-8-9-19-10(2)20-13)12-6-4-11(5-7-12)15(16,17)18/h4-9H,3H2,1-2H3. The highest BCUT2D eigenvalue weighted by atomic mass is 19.4. The van der Waals surface area contributed by atoms with Crippen molar-refractivity contribution in [3.63, 3.8) is 0 Å². The number of halogens is 3. The predicted octanol–water partition coefficient (Wildman–Crippen LogP) is 3.47. The number of rotatable bonds is 3. The number of aromatic nitrogens is 2. The van der Waals surface area contributed by atoms with E-state index in [0.29, 0.717) is 18.1 Å². The van der Waals surface area contributed by atoms with Gasteiger partial charge in [-0.25, -0.2) is 9.97 Å². The van der Waals surface area contributed by atoms with Crippen LogP contribution in [0.1, 0.15) is 28.8 Å². The van der Waals surface area contributed by atoms with Crippen molar-refractivity contribution in [2.75, 3.05) is 11.4 Å². The van der Waals surface area contributed by atoms with Crippen molar-refractivity contribution < 1.29 is 18.0 Å². The van der Waals surface area contributed by atoms with Crippen LogP contribution in [0.15, 0.2) is 36.5 Å². The third-order valence-electron chi connectivity index (χ3n) is 3.06. The summed E-state index contributed by atoms with van der Waals surface area (Å²) in [6.07, 6.45) is -2.93. The van der Waals surface area contributed by atoms with E-state index in [1.54, 1.807) is 13.8 Å². The van der Waals surface area contributed by atoms with Gasteiger partial charge in [0.05, 0.1) is 5.56 Å². The molecule has 0 bridgehead atoms. The number of carbonyl (C=O) groups excluding carboxylic acids is 1. The van der Waals surface area contributed by atoms with Crippen LogP contribution in [-0.2, 0) is 6.18 Å². The van der Waals surface area contributed by atoms with Gasteiger partial charge in [-0.05, 0) is 44.2 Å². The number of amides is 1. The first kappa shape index (κ1) is 15.9. The molecular formula is C15H14F3N3O. The van der Waals surface area contributed by atoms with Crippen molar-refractivity contribution in [3.05, 3.63) is 53.6 Å². The largest absolute Gasteiger partial charge is 0.416 e. The average molecular weight is 309 g/mol. The molecule has 0 N–H and O–H groups in total. The fraction of sp³-hybridized carbons (Fsp3) is 0.267. The Kier molecular flexibility index (Phi) is 4.44. The van der Waals surface area contributed by atoms with Gasteiger partial charge in [-0.15, -0.1) is 0 Å². The Morgan fingerprint density at radius 1 is 1.18 bits per heavy atom. The highest BCUT2D eigenvalue weighted by Gasteiger charge is 2.30. The number of aryl methyl sites for hydroxylation is 1. The SMILES string of the molecule is CCN(C(=O)c1ccnc(C)n1)c1ccc(C(F)(F)F)cc1. The summed E-state index contributed by atoms with van der Waals surface area (Å²) >= 11 is 0. The highest BCUT2D eigenvalue weighted by molar-refractivity contribution is 6.04. The lowest BCUT2D eigenvalue weighted by Crippen LogP contribution is -2.31. The molecule has 0 spiro atoms. The average Bonchev–Trinajstić information content (AvgIpc) is 2.47. The van der Waals surface area contributed by atoms with Gasteiger partial charge in [-0.1, -0.05) is 0 Å². The number of hydrogen-bond donors (Lipinski definition) is 0. The van der Waals surface area contributed by atoms with Crippen molar-refractivity contribution in [1.29, 1.82) is 0 Å². The summed E-state index contributed by atoms with van der Waals surface area (Å²) in [5, 5.41) is 0. The quantitative estimate of drug-likeness (QED) is 0.872. The molecule has 0 aliphatic rings. The number of nitrogens with zero attached hydrogens (tertiary/aromatic N) is 3. The fourth-order valence-corrected chi connectivity index (χ4v) is 1.99. The molecule has 4 nitrogen and oxygen atoms in total. The Morgan fingerprint density at radius 3 is 2.32 bits per heavy atom. The lowest BCUT2D eigenvalue weighted by molar-refractivity contribution is -0.137. The number of anilines is 1. The molecule has 1 aromatic heterocycles. The summed E-state index contributed by atoms with van der Waals surface area (Å²) < 4.78 is 37.7. The van der Waals surface area contributed by atoms with Crippen LogP contribution in [0.4, 0.5) is 18.9 Å². The molecule has 0 aliphatic heterocycles. The topological polar surface area (TPSA) is 46.1 Å². The van der Waals surface area contributed by atoms with Crippen LogP contribution in [-0.4, -0.2) is 22.4 Å². The summed E-state index contributed by atoms with van der Waals surface area (Å²) in [7, 11) is 0. The minimum Gasteiger partial charge on any atom is -0.307 e. The van der Waals surface area contributed by atoms with Gasteiger partial charge in [-0.2, -0.15) is 13.2 Å². The molecule has 2 rings (SSSR count). The van der Waals surface area contributed by atoms with E-state index in [2.05, 4.69) is 9.97 Å². The van der Waals surface area contributed by atoms with Gasteiger partial charge < -0.3 is 4.90 Å². The normalized spacial score (nSPS) is 11.3. The lowest BCUT2D eigenvalue weighted by Gasteiger charge is -2.21. The van der Waals surface area contributed by atoms with E-state index in [1.165, 1.54) is 29.3 Å². The molecule has 1 amide bonds. The van der Waals surface area contributed by atoms with Crippen molar-refractivity contribution in [3.8, 4) is 0 Å². The van der Waals surface area contributed by atoms with Crippen LogP contribution in [0.2, 0.25) is 0 Å². The zero-order valence-corrected chi connectivity index (χ0v) is 12.1. The first-order valence-electron chi connectivity index (χ1n) is 6.61. The highest BCUT2D eigenvalue weighted by Crippen LogP contribution is 2.30. The van der Waals surface area contributed by atoms with Gasteiger partial charge in [0.2, 0.25) is 0 Å². The number of carbonyl (C=O) groups is 1. The summed E-state index contributed by atoms with van der Waals surface area (Å²) in [6, 6.07) is 5.94. The second kappa shape index (κ2) is 6.13. The summed E-state index contributed by atoms with van der Waals surface area (Å²) in [4.78, 5) is 21.7. The smallest absolute Gasteiger partial charge is 0.307 e. The minimum absolute atomic E-state index is 0.203. The third kappa shape index (κ3) is 3.41. The van der Waals surface area contributed by atoms with E-state index in [-0.39, 0.29) is 11.6 Å². The molecule has 1 aromatic carbocycles. The van der Waals surface area contributed by atoms with Gasteiger partial charge in [0, 0.05) is 18.4 Å². The first-order valence-corrected chi connectivity index (χ1v) is 6.61. The summed E-state index contributed by atoms with van der Waals surface area (Å²) in [5.41, 5.74) is -0.163. The molecule has 0 saturated carbocycles. The van der Waals surface area contributed by atoms with Crippen molar-refractivity contribution in [2.45, 2.75) is 20.0 Å². The summed E-state index contributed by atoms with van der Waals surface area (Å²) in [6.45, 7) is 3.71. The van der Waals surface area contributed by atoms with E-state index < -0.39 is 11.7 Å². The van der Waals surface area contributed by atoms with E-state index in [1.807, 2.05) is 0 Å². The second-order valence-electron chi connectivity index (χ2n) is 4.58. The van der Waals surface area contributed by atoms with Gasteiger partial charge in [0.15, 0.2) is 0 Å². The molecular weight excluding hydrogens is 295 g/mol.